The molecule has 0 radical (unpaired) electrons. The Hall–Kier alpha value is -1.95. The Bertz CT molecular complexity index is 651. The van der Waals surface area contributed by atoms with Crippen molar-refractivity contribution >= 4 is 11.8 Å². The number of nitrogens with zero attached hydrogens (tertiary/aromatic N) is 4. The zero-order valence-corrected chi connectivity index (χ0v) is 16.1. The van der Waals surface area contributed by atoms with Crippen molar-refractivity contribution in [2.24, 2.45) is 5.92 Å². The van der Waals surface area contributed by atoms with Crippen LogP contribution in [0, 0.1) is 5.92 Å². The van der Waals surface area contributed by atoms with Gasteiger partial charge in [-0.3, -0.25) is 19.5 Å². The summed E-state index contributed by atoms with van der Waals surface area (Å²) in [5.74, 6) is 0.583. The van der Waals surface area contributed by atoms with E-state index >= 15 is 0 Å². The second-order valence-corrected chi connectivity index (χ2v) is 8.10. The minimum atomic E-state index is 0.0368. The molecule has 2 amide bonds. The Morgan fingerprint density at radius 1 is 0.889 bits per heavy atom. The van der Waals surface area contributed by atoms with Crippen molar-refractivity contribution in [3.05, 3.63) is 30.1 Å². The monoisotopic (exact) mass is 370 g/mol. The zero-order chi connectivity index (χ0) is 18.6. The number of likely N-dealkylation sites (tertiary alicyclic amines) is 3. The summed E-state index contributed by atoms with van der Waals surface area (Å²) in [6.07, 6.45) is 8.10. The van der Waals surface area contributed by atoms with E-state index in [9.17, 15) is 9.59 Å². The van der Waals surface area contributed by atoms with Crippen LogP contribution in [0.4, 0.5) is 0 Å². The van der Waals surface area contributed by atoms with Crippen molar-refractivity contribution in [2.45, 2.75) is 44.6 Å². The highest BCUT2D eigenvalue weighted by Crippen LogP contribution is 2.26. The Morgan fingerprint density at radius 2 is 1.67 bits per heavy atom. The number of hydrogen-bond acceptors (Lipinski definition) is 4. The third kappa shape index (κ3) is 4.15. The maximum absolute atomic E-state index is 12.8. The van der Waals surface area contributed by atoms with Crippen LogP contribution in [0.25, 0.3) is 0 Å². The lowest BCUT2D eigenvalue weighted by molar-refractivity contribution is -0.136. The van der Waals surface area contributed by atoms with E-state index in [1.165, 1.54) is 0 Å². The lowest BCUT2D eigenvalue weighted by Gasteiger charge is -2.42. The number of hydrogen-bond donors (Lipinski definition) is 0. The summed E-state index contributed by atoms with van der Waals surface area (Å²) in [6.45, 7) is 5.44. The Labute approximate surface area is 161 Å². The number of piperidine rings is 2. The van der Waals surface area contributed by atoms with Crippen LogP contribution in [-0.4, -0.2) is 76.8 Å². The summed E-state index contributed by atoms with van der Waals surface area (Å²) < 4.78 is 0. The SMILES string of the molecule is O=C(c1ccccn1)N1CCC(N2CCC[C@@H](C(=O)N3CCCC3)C2)CC1. The first-order valence-electron chi connectivity index (χ1n) is 10.5. The van der Waals surface area contributed by atoms with Gasteiger partial charge in [0.25, 0.3) is 5.91 Å². The fraction of sp³-hybridized carbons (Fsp3) is 0.667. The van der Waals surface area contributed by atoms with Gasteiger partial charge in [-0.1, -0.05) is 6.07 Å². The van der Waals surface area contributed by atoms with Crippen molar-refractivity contribution in [1.82, 2.24) is 19.7 Å². The number of carbonyl (C=O) groups is 2. The summed E-state index contributed by atoms with van der Waals surface area (Å²) in [4.78, 5) is 36.0. The molecule has 3 aliphatic rings. The van der Waals surface area contributed by atoms with Crippen LogP contribution in [0.2, 0.25) is 0 Å². The molecule has 4 rings (SSSR count). The smallest absolute Gasteiger partial charge is 0.272 e. The van der Waals surface area contributed by atoms with Crippen LogP contribution < -0.4 is 0 Å². The molecule has 6 heteroatoms. The van der Waals surface area contributed by atoms with E-state index in [2.05, 4.69) is 14.8 Å². The zero-order valence-electron chi connectivity index (χ0n) is 16.1. The Morgan fingerprint density at radius 3 is 2.37 bits per heavy atom. The average Bonchev–Trinajstić information content (AvgIpc) is 3.28. The van der Waals surface area contributed by atoms with E-state index in [1.54, 1.807) is 12.3 Å². The molecule has 1 aromatic rings. The van der Waals surface area contributed by atoms with E-state index in [4.69, 9.17) is 0 Å². The van der Waals surface area contributed by atoms with Gasteiger partial charge >= 0.3 is 0 Å². The van der Waals surface area contributed by atoms with E-state index in [-0.39, 0.29) is 11.8 Å². The molecule has 1 atom stereocenters. The summed E-state index contributed by atoms with van der Waals surface area (Å²) in [5.41, 5.74) is 0.533. The van der Waals surface area contributed by atoms with E-state index in [0.717, 1.165) is 77.8 Å². The van der Waals surface area contributed by atoms with Gasteiger partial charge in [0.15, 0.2) is 0 Å². The lowest BCUT2D eigenvalue weighted by atomic mass is 9.93. The number of aromatic nitrogens is 1. The summed E-state index contributed by atoms with van der Waals surface area (Å²) in [5, 5.41) is 0. The molecule has 0 N–H and O–H groups in total. The predicted molar refractivity (Wildman–Crippen MR) is 103 cm³/mol. The maximum Gasteiger partial charge on any atom is 0.272 e. The molecule has 0 aliphatic carbocycles. The number of amides is 2. The van der Waals surface area contributed by atoms with Crippen molar-refractivity contribution in [3.8, 4) is 0 Å². The third-order valence-electron chi connectivity index (χ3n) is 6.37. The molecule has 3 saturated heterocycles. The Balaban J connectivity index is 1.30. The first-order chi connectivity index (χ1) is 13.2. The van der Waals surface area contributed by atoms with Gasteiger partial charge in [0.1, 0.15) is 5.69 Å². The molecule has 27 heavy (non-hydrogen) atoms. The molecule has 0 unspecified atom stereocenters. The number of carbonyl (C=O) groups excluding carboxylic acids is 2. The number of pyridine rings is 1. The molecule has 4 heterocycles. The second-order valence-electron chi connectivity index (χ2n) is 8.10. The topological polar surface area (TPSA) is 56.8 Å². The van der Waals surface area contributed by atoms with E-state index in [1.807, 2.05) is 17.0 Å². The van der Waals surface area contributed by atoms with Gasteiger partial charge in [-0.15, -0.1) is 0 Å². The van der Waals surface area contributed by atoms with Gasteiger partial charge < -0.3 is 9.80 Å². The molecule has 3 aliphatic heterocycles. The molecule has 0 bridgehead atoms. The van der Waals surface area contributed by atoms with Gasteiger partial charge in [0.05, 0.1) is 5.92 Å². The van der Waals surface area contributed by atoms with E-state index in [0.29, 0.717) is 17.6 Å². The highest BCUT2D eigenvalue weighted by Gasteiger charge is 2.34. The molecule has 0 aromatic carbocycles. The molecule has 1 aromatic heterocycles. The van der Waals surface area contributed by atoms with Crippen LogP contribution in [-0.2, 0) is 4.79 Å². The standard InChI is InChI=1S/C21H30N4O2/c26-20(23-11-3-4-12-23)17-6-5-13-25(16-17)18-8-14-24(15-9-18)21(27)19-7-1-2-10-22-19/h1-2,7,10,17-18H,3-6,8-9,11-16H2/t17-/m1/s1. The molecule has 6 nitrogen and oxygen atoms in total. The first kappa shape index (κ1) is 18.4. The fourth-order valence-electron chi connectivity index (χ4n) is 4.82. The Kier molecular flexibility index (Phi) is 5.72. The first-order valence-corrected chi connectivity index (χ1v) is 10.5. The van der Waals surface area contributed by atoms with Gasteiger partial charge in [-0.2, -0.15) is 0 Å². The molecule has 3 fully saturated rings. The fourth-order valence-corrected chi connectivity index (χ4v) is 4.82. The van der Waals surface area contributed by atoms with Crippen molar-refractivity contribution < 1.29 is 9.59 Å². The van der Waals surface area contributed by atoms with Crippen molar-refractivity contribution in [1.29, 1.82) is 0 Å². The van der Waals surface area contributed by atoms with Gasteiger partial charge in [-0.05, 0) is 57.2 Å². The van der Waals surface area contributed by atoms with Crippen molar-refractivity contribution in [3.63, 3.8) is 0 Å². The summed E-state index contributed by atoms with van der Waals surface area (Å²) in [7, 11) is 0. The maximum atomic E-state index is 12.8. The van der Waals surface area contributed by atoms with Crippen LogP contribution in [0.15, 0.2) is 24.4 Å². The normalized spacial score (nSPS) is 25.0. The van der Waals surface area contributed by atoms with Gasteiger partial charge in [0, 0.05) is 45.0 Å². The van der Waals surface area contributed by atoms with Crippen LogP contribution in [0.3, 0.4) is 0 Å². The predicted octanol–water partition coefficient (Wildman–Crippen LogP) is 2.02. The van der Waals surface area contributed by atoms with Crippen LogP contribution in [0.5, 0.6) is 0 Å². The third-order valence-corrected chi connectivity index (χ3v) is 6.37. The van der Waals surface area contributed by atoms with Crippen LogP contribution >= 0.6 is 0 Å². The minimum absolute atomic E-state index is 0.0368. The quantitative estimate of drug-likeness (QED) is 0.817. The van der Waals surface area contributed by atoms with Gasteiger partial charge in [-0.25, -0.2) is 0 Å². The molecule has 0 spiro atoms. The highest BCUT2D eigenvalue weighted by molar-refractivity contribution is 5.92. The lowest BCUT2D eigenvalue weighted by Crippen LogP contribution is -2.51. The largest absolute Gasteiger partial charge is 0.342 e. The molecular weight excluding hydrogens is 340 g/mol. The summed E-state index contributed by atoms with van der Waals surface area (Å²) >= 11 is 0. The van der Waals surface area contributed by atoms with Gasteiger partial charge in [0.2, 0.25) is 5.91 Å². The molecular formula is C21H30N4O2. The van der Waals surface area contributed by atoms with E-state index < -0.39 is 0 Å². The summed E-state index contributed by atoms with van der Waals surface area (Å²) in [6, 6.07) is 5.97. The van der Waals surface area contributed by atoms with Crippen LogP contribution in [0.1, 0.15) is 49.0 Å². The average molecular weight is 370 g/mol. The minimum Gasteiger partial charge on any atom is -0.342 e. The second kappa shape index (κ2) is 8.38. The number of rotatable bonds is 3. The highest BCUT2D eigenvalue weighted by atomic mass is 16.2. The van der Waals surface area contributed by atoms with Crippen molar-refractivity contribution in [2.75, 3.05) is 39.3 Å². The molecule has 146 valence electrons. The molecule has 0 saturated carbocycles.